The number of nitrogens with zero attached hydrogens (tertiary/aromatic N) is 5. The van der Waals surface area contributed by atoms with Gasteiger partial charge in [-0.1, -0.05) is 0 Å². The number of amides is 1. The summed E-state index contributed by atoms with van der Waals surface area (Å²) in [7, 11) is 0. The lowest BCUT2D eigenvalue weighted by molar-refractivity contribution is -0.121. The first-order valence-corrected chi connectivity index (χ1v) is 11.5. The van der Waals surface area contributed by atoms with E-state index in [0.29, 0.717) is 19.6 Å². The van der Waals surface area contributed by atoms with E-state index in [1.165, 1.54) is 0 Å². The van der Waals surface area contributed by atoms with Gasteiger partial charge in [0.2, 0.25) is 5.91 Å². The van der Waals surface area contributed by atoms with Crippen LogP contribution in [0.15, 0.2) is 24.8 Å². The number of imidazole rings is 1. The lowest BCUT2D eigenvalue weighted by Crippen LogP contribution is -2.43. The molecule has 2 aromatic rings. The maximum atomic E-state index is 12.5. The van der Waals surface area contributed by atoms with Gasteiger partial charge in [0.1, 0.15) is 11.6 Å². The molecule has 1 saturated heterocycles. The van der Waals surface area contributed by atoms with Gasteiger partial charge >= 0.3 is 0 Å². The van der Waals surface area contributed by atoms with Gasteiger partial charge in [0, 0.05) is 69.3 Å². The third-order valence-corrected chi connectivity index (χ3v) is 5.48. The molecule has 170 valence electrons. The summed E-state index contributed by atoms with van der Waals surface area (Å²) in [6, 6.07) is 2.22. The second kappa shape index (κ2) is 11.8. The Balaban J connectivity index is 1.57. The molecule has 0 bridgehead atoms. The molecule has 1 N–H and O–H groups in total. The van der Waals surface area contributed by atoms with Crippen molar-refractivity contribution in [3.05, 3.63) is 36.3 Å². The number of carbonyl (C=O) groups excluding carboxylic acids is 1. The fraction of sp³-hybridized carbons (Fsp3) is 0.652. The molecule has 0 aliphatic carbocycles. The molecular formula is C23H36N6O2. The van der Waals surface area contributed by atoms with Crippen molar-refractivity contribution in [1.82, 2.24) is 24.8 Å². The van der Waals surface area contributed by atoms with Crippen molar-refractivity contribution < 1.29 is 9.53 Å². The van der Waals surface area contributed by atoms with E-state index in [4.69, 9.17) is 9.72 Å². The molecule has 0 radical (unpaired) electrons. The van der Waals surface area contributed by atoms with Crippen molar-refractivity contribution in [2.75, 3.05) is 24.6 Å². The lowest BCUT2D eigenvalue weighted by atomic mass is 9.99. The van der Waals surface area contributed by atoms with E-state index in [-0.39, 0.29) is 18.1 Å². The molecule has 1 aliphatic rings. The highest BCUT2D eigenvalue weighted by Crippen LogP contribution is 2.26. The van der Waals surface area contributed by atoms with Gasteiger partial charge in [-0.15, -0.1) is 0 Å². The first-order chi connectivity index (χ1) is 15.0. The Morgan fingerprint density at radius 3 is 2.97 bits per heavy atom. The Hall–Kier alpha value is -2.48. The molecule has 1 unspecified atom stereocenters. The maximum absolute atomic E-state index is 12.5. The minimum atomic E-state index is 0.104. The van der Waals surface area contributed by atoms with Crippen molar-refractivity contribution >= 4 is 11.7 Å². The molecule has 1 atom stereocenters. The van der Waals surface area contributed by atoms with Crippen LogP contribution in [-0.4, -0.2) is 57.3 Å². The quantitative estimate of drug-likeness (QED) is 0.554. The van der Waals surface area contributed by atoms with E-state index in [0.717, 1.165) is 62.5 Å². The number of hydrogen-bond acceptors (Lipinski definition) is 6. The van der Waals surface area contributed by atoms with Gasteiger partial charge in [-0.25, -0.2) is 15.0 Å². The zero-order valence-corrected chi connectivity index (χ0v) is 19.1. The van der Waals surface area contributed by atoms with Crippen molar-refractivity contribution in [1.29, 1.82) is 0 Å². The van der Waals surface area contributed by atoms with Crippen LogP contribution in [-0.2, 0) is 22.5 Å². The fourth-order valence-electron chi connectivity index (χ4n) is 3.94. The minimum absolute atomic E-state index is 0.104. The van der Waals surface area contributed by atoms with Gasteiger partial charge in [0.05, 0.1) is 12.4 Å². The standard InChI is InChI=1S/C23H36N6O2/c1-18(2)31-14-6-9-25-23(30)16-20-7-4-5-11-29(20)22-15-19(3)26-21(27-22)8-12-28-13-10-24-17-28/h10,13,15,17-18,20H,4-9,11-12,14,16H2,1-3H3,(H,25,30). The summed E-state index contributed by atoms with van der Waals surface area (Å²) < 4.78 is 7.57. The zero-order valence-electron chi connectivity index (χ0n) is 19.1. The highest BCUT2D eigenvalue weighted by Gasteiger charge is 2.26. The van der Waals surface area contributed by atoms with Gasteiger partial charge in [-0.2, -0.15) is 0 Å². The summed E-state index contributed by atoms with van der Waals surface area (Å²) >= 11 is 0. The number of anilines is 1. The molecule has 31 heavy (non-hydrogen) atoms. The normalized spacial score (nSPS) is 16.6. The van der Waals surface area contributed by atoms with E-state index in [1.807, 2.05) is 43.9 Å². The molecule has 2 aromatic heterocycles. The highest BCUT2D eigenvalue weighted by atomic mass is 16.5. The van der Waals surface area contributed by atoms with Crippen molar-refractivity contribution in [2.24, 2.45) is 0 Å². The second-order valence-electron chi connectivity index (χ2n) is 8.50. The Morgan fingerprint density at radius 2 is 2.19 bits per heavy atom. The van der Waals surface area contributed by atoms with Gasteiger partial charge in [0.25, 0.3) is 0 Å². The SMILES string of the molecule is Cc1cc(N2CCCCC2CC(=O)NCCCOC(C)C)nc(CCn2ccnc2)n1. The predicted octanol–water partition coefficient (Wildman–Crippen LogP) is 2.90. The van der Waals surface area contributed by atoms with E-state index >= 15 is 0 Å². The van der Waals surface area contributed by atoms with Crippen LogP contribution in [0.5, 0.6) is 0 Å². The van der Waals surface area contributed by atoms with Crippen LogP contribution in [0.4, 0.5) is 5.82 Å². The molecule has 3 heterocycles. The minimum Gasteiger partial charge on any atom is -0.379 e. The maximum Gasteiger partial charge on any atom is 0.222 e. The number of carbonyl (C=O) groups is 1. The van der Waals surface area contributed by atoms with E-state index in [1.54, 1.807) is 6.20 Å². The van der Waals surface area contributed by atoms with Crippen LogP contribution >= 0.6 is 0 Å². The molecule has 1 aliphatic heterocycles. The number of rotatable bonds is 11. The monoisotopic (exact) mass is 428 g/mol. The molecule has 1 amide bonds. The first kappa shape index (κ1) is 23.2. The number of aromatic nitrogens is 4. The zero-order chi connectivity index (χ0) is 22.1. The molecule has 0 aromatic carbocycles. The van der Waals surface area contributed by atoms with Crippen LogP contribution in [0.3, 0.4) is 0 Å². The van der Waals surface area contributed by atoms with Crippen LogP contribution in [0.2, 0.25) is 0 Å². The van der Waals surface area contributed by atoms with E-state index in [9.17, 15) is 4.79 Å². The van der Waals surface area contributed by atoms with E-state index in [2.05, 4.69) is 20.2 Å². The molecular weight excluding hydrogens is 392 g/mol. The third kappa shape index (κ3) is 7.61. The average molecular weight is 429 g/mol. The number of piperidine rings is 1. The summed E-state index contributed by atoms with van der Waals surface area (Å²) in [6.45, 7) is 9.12. The van der Waals surface area contributed by atoms with Gasteiger partial charge in [-0.3, -0.25) is 4.79 Å². The number of nitrogens with one attached hydrogen (secondary N) is 1. The summed E-state index contributed by atoms with van der Waals surface area (Å²) in [5.74, 6) is 1.88. The summed E-state index contributed by atoms with van der Waals surface area (Å²) in [5, 5.41) is 3.05. The fourth-order valence-corrected chi connectivity index (χ4v) is 3.94. The van der Waals surface area contributed by atoms with Crippen LogP contribution in [0.25, 0.3) is 0 Å². The second-order valence-corrected chi connectivity index (χ2v) is 8.50. The first-order valence-electron chi connectivity index (χ1n) is 11.5. The van der Waals surface area contributed by atoms with Crippen LogP contribution in [0.1, 0.15) is 57.5 Å². The van der Waals surface area contributed by atoms with Crippen LogP contribution < -0.4 is 10.2 Å². The average Bonchev–Trinajstić information content (AvgIpc) is 3.25. The summed E-state index contributed by atoms with van der Waals surface area (Å²) in [6.07, 6.45) is 11.1. The third-order valence-electron chi connectivity index (χ3n) is 5.48. The van der Waals surface area contributed by atoms with Gasteiger partial charge in [0.15, 0.2) is 0 Å². The van der Waals surface area contributed by atoms with Crippen LogP contribution in [0, 0.1) is 6.92 Å². The topological polar surface area (TPSA) is 85.2 Å². The van der Waals surface area contributed by atoms with Crippen molar-refractivity contribution in [3.8, 4) is 0 Å². The molecule has 0 spiro atoms. The summed E-state index contributed by atoms with van der Waals surface area (Å²) in [5.41, 5.74) is 0.963. The molecule has 8 heteroatoms. The Bertz CT molecular complexity index is 808. The lowest BCUT2D eigenvalue weighted by Gasteiger charge is -2.36. The van der Waals surface area contributed by atoms with Crippen molar-refractivity contribution in [2.45, 2.75) is 78.0 Å². The molecule has 3 rings (SSSR count). The number of aryl methyl sites for hydroxylation is 3. The van der Waals surface area contributed by atoms with Gasteiger partial charge < -0.3 is 19.5 Å². The molecule has 1 fully saturated rings. The predicted molar refractivity (Wildman–Crippen MR) is 121 cm³/mol. The van der Waals surface area contributed by atoms with Gasteiger partial charge in [-0.05, 0) is 46.5 Å². The number of hydrogen-bond donors (Lipinski definition) is 1. The van der Waals surface area contributed by atoms with E-state index < -0.39 is 0 Å². The van der Waals surface area contributed by atoms with Crippen molar-refractivity contribution in [3.63, 3.8) is 0 Å². The Labute approximate surface area is 185 Å². The Morgan fingerprint density at radius 1 is 1.32 bits per heavy atom. The number of ether oxygens (including phenoxy) is 1. The summed E-state index contributed by atoms with van der Waals surface area (Å²) in [4.78, 5) is 28.4. The molecule has 8 nitrogen and oxygen atoms in total. The largest absolute Gasteiger partial charge is 0.379 e. The smallest absolute Gasteiger partial charge is 0.222 e. The molecule has 0 saturated carbocycles. The Kier molecular flexibility index (Phi) is 8.82. The highest BCUT2D eigenvalue weighted by molar-refractivity contribution is 5.77.